The normalized spacial score (nSPS) is 14.4. The summed E-state index contributed by atoms with van der Waals surface area (Å²) in [5.74, 6) is -0.0184. The molecule has 0 atom stereocenters. The minimum absolute atomic E-state index is 0.0184. The van der Waals surface area contributed by atoms with Gasteiger partial charge in [-0.2, -0.15) is 5.26 Å². The number of nitriles is 1. The van der Waals surface area contributed by atoms with Crippen LogP contribution in [0.25, 0.3) is 0 Å². The molecule has 0 unspecified atom stereocenters. The van der Waals surface area contributed by atoms with Gasteiger partial charge in [-0.05, 0) is 36.4 Å². The van der Waals surface area contributed by atoms with Gasteiger partial charge >= 0.3 is 0 Å². The van der Waals surface area contributed by atoms with Crippen molar-refractivity contribution in [1.82, 2.24) is 4.90 Å². The van der Waals surface area contributed by atoms with E-state index in [0.29, 0.717) is 29.2 Å². The molecular weight excluding hydrogens is 310 g/mol. The van der Waals surface area contributed by atoms with Crippen LogP contribution in [-0.2, 0) is 0 Å². The Hall–Kier alpha value is -2.51. The molecular formula is C18H16ClN3O. The van der Waals surface area contributed by atoms with Gasteiger partial charge in [0.1, 0.15) is 0 Å². The number of hydrogen-bond donors (Lipinski definition) is 0. The topological polar surface area (TPSA) is 47.3 Å². The quantitative estimate of drug-likeness (QED) is 0.852. The Morgan fingerprint density at radius 2 is 1.65 bits per heavy atom. The standard InChI is InChI=1S/C18H16ClN3O/c19-17-4-2-1-3-16(17)18(23)22-11-9-21(10-12-22)15-7-5-14(13-20)6-8-15/h1-8H,9-12H2. The Kier molecular flexibility index (Phi) is 4.50. The van der Waals surface area contributed by atoms with Crippen LogP contribution in [0.15, 0.2) is 48.5 Å². The fraction of sp³-hybridized carbons (Fsp3) is 0.222. The molecule has 0 aliphatic carbocycles. The van der Waals surface area contributed by atoms with E-state index in [1.807, 2.05) is 41.3 Å². The molecule has 2 aromatic carbocycles. The van der Waals surface area contributed by atoms with Crippen molar-refractivity contribution in [3.05, 3.63) is 64.7 Å². The van der Waals surface area contributed by atoms with Crippen molar-refractivity contribution in [1.29, 1.82) is 5.26 Å². The highest BCUT2D eigenvalue weighted by Gasteiger charge is 2.23. The highest BCUT2D eigenvalue weighted by atomic mass is 35.5. The van der Waals surface area contributed by atoms with Crippen LogP contribution in [0.3, 0.4) is 0 Å². The number of amides is 1. The Morgan fingerprint density at radius 3 is 2.26 bits per heavy atom. The summed E-state index contributed by atoms with van der Waals surface area (Å²) in [7, 11) is 0. The van der Waals surface area contributed by atoms with Crippen molar-refractivity contribution in [2.45, 2.75) is 0 Å². The van der Waals surface area contributed by atoms with Crippen molar-refractivity contribution in [3.8, 4) is 6.07 Å². The molecule has 0 N–H and O–H groups in total. The molecule has 5 heteroatoms. The average molecular weight is 326 g/mol. The summed E-state index contributed by atoms with van der Waals surface area (Å²) in [6.07, 6.45) is 0. The second-order valence-electron chi connectivity index (χ2n) is 5.42. The molecule has 4 nitrogen and oxygen atoms in total. The predicted molar refractivity (Wildman–Crippen MR) is 90.7 cm³/mol. The summed E-state index contributed by atoms with van der Waals surface area (Å²) in [5.41, 5.74) is 2.29. The van der Waals surface area contributed by atoms with E-state index in [-0.39, 0.29) is 5.91 Å². The molecule has 1 saturated heterocycles. The first kappa shape index (κ1) is 15.4. The maximum absolute atomic E-state index is 12.5. The maximum Gasteiger partial charge on any atom is 0.255 e. The second kappa shape index (κ2) is 6.72. The van der Waals surface area contributed by atoms with Gasteiger partial charge in [0, 0.05) is 31.9 Å². The molecule has 0 spiro atoms. The number of carbonyl (C=O) groups excluding carboxylic acids is 1. The summed E-state index contributed by atoms with van der Waals surface area (Å²) in [5, 5.41) is 9.34. The Bertz CT molecular complexity index is 744. The van der Waals surface area contributed by atoms with Crippen molar-refractivity contribution in [2.24, 2.45) is 0 Å². The number of rotatable bonds is 2. The molecule has 3 rings (SSSR count). The van der Waals surface area contributed by atoms with E-state index in [4.69, 9.17) is 16.9 Å². The number of anilines is 1. The van der Waals surface area contributed by atoms with Gasteiger partial charge in [-0.1, -0.05) is 23.7 Å². The average Bonchev–Trinajstić information content (AvgIpc) is 2.62. The molecule has 0 aromatic heterocycles. The van der Waals surface area contributed by atoms with Crippen molar-refractivity contribution in [3.63, 3.8) is 0 Å². The largest absolute Gasteiger partial charge is 0.368 e. The zero-order chi connectivity index (χ0) is 16.2. The minimum Gasteiger partial charge on any atom is -0.368 e. The van der Waals surface area contributed by atoms with Crippen LogP contribution >= 0.6 is 11.6 Å². The van der Waals surface area contributed by atoms with Gasteiger partial charge in [0.05, 0.1) is 22.2 Å². The van der Waals surface area contributed by atoms with E-state index >= 15 is 0 Å². The molecule has 1 amide bonds. The lowest BCUT2D eigenvalue weighted by Crippen LogP contribution is -2.48. The summed E-state index contributed by atoms with van der Waals surface area (Å²) in [4.78, 5) is 16.6. The monoisotopic (exact) mass is 325 g/mol. The first-order valence-corrected chi connectivity index (χ1v) is 7.86. The van der Waals surface area contributed by atoms with E-state index in [1.54, 1.807) is 12.1 Å². The van der Waals surface area contributed by atoms with Crippen molar-refractivity contribution in [2.75, 3.05) is 31.1 Å². The van der Waals surface area contributed by atoms with Gasteiger partial charge < -0.3 is 9.80 Å². The van der Waals surface area contributed by atoms with Crippen LogP contribution in [0.4, 0.5) is 5.69 Å². The third kappa shape index (κ3) is 3.30. The molecule has 116 valence electrons. The minimum atomic E-state index is -0.0184. The van der Waals surface area contributed by atoms with Crippen LogP contribution in [0.2, 0.25) is 5.02 Å². The summed E-state index contributed by atoms with van der Waals surface area (Å²) < 4.78 is 0. The summed E-state index contributed by atoms with van der Waals surface area (Å²) in [6, 6.07) is 16.8. The summed E-state index contributed by atoms with van der Waals surface area (Å²) in [6.45, 7) is 2.85. The van der Waals surface area contributed by atoms with E-state index in [9.17, 15) is 4.79 Å². The number of halogens is 1. The van der Waals surface area contributed by atoms with Crippen molar-refractivity contribution < 1.29 is 4.79 Å². The van der Waals surface area contributed by atoms with Crippen LogP contribution in [0, 0.1) is 11.3 Å². The van der Waals surface area contributed by atoms with E-state index in [2.05, 4.69) is 11.0 Å². The number of benzene rings is 2. The van der Waals surface area contributed by atoms with Crippen LogP contribution in [-0.4, -0.2) is 37.0 Å². The van der Waals surface area contributed by atoms with E-state index in [0.717, 1.165) is 18.8 Å². The summed E-state index contributed by atoms with van der Waals surface area (Å²) >= 11 is 6.11. The lowest BCUT2D eigenvalue weighted by atomic mass is 10.1. The van der Waals surface area contributed by atoms with Gasteiger partial charge in [0.15, 0.2) is 0 Å². The fourth-order valence-corrected chi connectivity index (χ4v) is 2.94. The van der Waals surface area contributed by atoms with Gasteiger partial charge in [-0.3, -0.25) is 4.79 Å². The Morgan fingerprint density at radius 1 is 1.00 bits per heavy atom. The van der Waals surface area contributed by atoms with E-state index in [1.165, 1.54) is 0 Å². The third-order valence-electron chi connectivity index (χ3n) is 4.03. The lowest BCUT2D eigenvalue weighted by Gasteiger charge is -2.36. The van der Waals surface area contributed by atoms with Crippen LogP contribution in [0.5, 0.6) is 0 Å². The van der Waals surface area contributed by atoms with Gasteiger partial charge in [0.2, 0.25) is 0 Å². The molecule has 0 radical (unpaired) electrons. The predicted octanol–water partition coefficient (Wildman–Crippen LogP) is 3.17. The number of carbonyl (C=O) groups is 1. The number of nitrogens with zero attached hydrogens (tertiary/aromatic N) is 3. The first-order valence-electron chi connectivity index (χ1n) is 7.48. The molecule has 1 aliphatic rings. The van der Waals surface area contributed by atoms with Gasteiger partial charge in [-0.25, -0.2) is 0 Å². The zero-order valence-corrected chi connectivity index (χ0v) is 13.3. The fourth-order valence-electron chi connectivity index (χ4n) is 2.72. The molecule has 1 heterocycles. The molecule has 0 bridgehead atoms. The molecule has 2 aromatic rings. The molecule has 1 fully saturated rings. The molecule has 23 heavy (non-hydrogen) atoms. The van der Waals surface area contributed by atoms with Gasteiger partial charge in [-0.15, -0.1) is 0 Å². The highest BCUT2D eigenvalue weighted by Crippen LogP contribution is 2.20. The van der Waals surface area contributed by atoms with E-state index < -0.39 is 0 Å². The number of piperazine rings is 1. The molecule has 1 aliphatic heterocycles. The lowest BCUT2D eigenvalue weighted by molar-refractivity contribution is 0.0747. The zero-order valence-electron chi connectivity index (χ0n) is 12.6. The Labute approximate surface area is 140 Å². The molecule has 0 saturated carbocycles. The van der Waals surface area contributed by atoms with Gasteiger partial charge in [0.25, 0.3) is 5.91 Å². The third-order valence-corrected chi connectivity index (χ3v) is 4.36. The SMILES string of the molecule is N#Cc1ccc(N2CCN(C(=O)c3ccccc3Cl)CC2)cc1. The Balaban J connectivity index is 1.65. The van der Waals surface area contributed by atoms with Crippen molar-refractivity contribution >= 4 is 23.2 Å². The maximum atomic E-state index is 12.5. The smallest absolute Gasteiger partial charge is 0.255 e. The van der Waals surface area contributed by atoms with Crippen LogP contribution in [0.1, 0.15) is 15.9 Å². The highest BCUT2D eigenvalue weighted by molar-refractivity contribution is 6.33. The van der Waals surface area contributed by atoms with Crippen LogP contribution < -0.4 is 4.90 Å². The number of hydrogen-bond acceptors (Lipinski definition) is 3. The first-order chi connectivity index (χ1) is 11.2. The second-order valence-corrected chi connectivity index (χ2v) is 5.82.